The lowest BCUT2D eigenvalue weighted by molar-refractivity contribution is -0.125. The lowest BCUT2D eigenvalue weighted by Gasteiger charge is -2.25. The first kappa shape index (κ1) is 15.2. The Bertz CT molecular complexity index is 418. The summed E-state index contributed by atoms with van der Waals surface area (Å²) in [7, 11) is 0. The van der Waals surface area contributed by atoms with Gasteiger partial charge in [-0.2, -0.15) is 0 Å². The van der Waals surface area contributed by atoms with Gasteiger partial charge in [0, 0.05) is 11.0 Å². The third kappa shape index (κ3) is 3.82. The second-order valence-corrected chi connectivity index (χ2v) is 6.10. The molecule has 1 amide bonds. The first-order valence-electron chi connectivity index (χ1n) is 6.12. The molecular weight excluding hydrogens is 292 g/mol. The Morgan fingerprint density at radius 2 is 2.17 bits per heavy atom. The maximum absolute atomic E-state index is 12.2. The highest BCUT2D eigenvalue weighted by molar-refractivity contribution is 9.10. The number of nitrogens with two attached hydrogens (primary N) is 1. The molecule has 1 atom stereocenters. The average Bonchev–Trinajstić information content (AvgIpc) is 2.35. The van der Waals surface area contributed by atoms with Crippen molar-refractivity contribution in [1.29, 1.82) is 0 Å². The number of carbonyl (C=O) groups excluding carboxylic acids is 1. The summed E-state index contributed by atoms with van der Waals surface area (Å²) in [5.41, 5.74) is 5.99. The predicted octanol–water partition coefficient (Wildman–Crippen LogP) is 2.44. The summed E-state index contributed by atoms with van der Waals surface area (Å²) in [5, 5.41) is 2.96. The standard InChI is InChI=1S/C14H21BrN2O/c1-10(8-16)9-17-13(18)14(2,3)11-5-4-6-12(15)7-11/h4-7,10H,8-9,16H2,1-3H3,(H,17,18). The van der Waals surface area contributed by atoms with Crippen molar-refractivity contribution >= 4 is 21.8 Å². The number of hydrogen-bond acceptors (Lipinski definition) is 2. The van der Waals surface area contributed by atoms with Crippen molar-refractivity contribution in [2.24, 2.45) is 11.7 Å². The number of benzene rings is 1. The van der Waals surface area contributed by atoms with E-state index < -0.39 is 5.41 Å². The molecule has 0 bridgehead atoms. The van der Waals surface area contributed by atoms with E-state index in [9.17, 15) is 4.79 Å². The molecule has 0 aliphatic carbocycles. The Morgan fingerprint density at radius 3 is 2.72 bits per heavy atom. The van der Waals surface area contributed by atoms with E-state index in [0.29, 0.717) is 19.0 Å². The zero-order valence-electron chi connectivity index (χ0n) is 11.2. The summed E-state index contributed by atoms with van der Waals surface area (Å²) in [6.07, 6.45) is 0. The summed E-state index contributed by atoms with van der Waals surface area (Å²) in [6.45, 7) is 7.07. The highest BCUT2D eigenvalue weighted by Crippen LogP contribution is 2.25. The van der Waals surface area contributed by atoms with Gasteiger partial charge >= 0.3 is 0 Å². The van der Waals surface area contributed by atoms with Crippen molar-refractivity contribution in [3.63, 3.8) is 0 Å². The van der Waals surface area contributed by atoms with E-state index in [0.717, 1.165) is 10.0 Å². The number of nitrogens with one attached hydrogen (secondary N) is 1. The number of carbonyl (C=O) groups is 1. The zero-order chi connectivity index (χ0) is 13.8. The molecule has 1 aromatic rings. The van der Waals surface area contributed by atoms with Gasteiger partial charge in [-0.3, -0.25) is 4.79 Å². The summed E-state index contributed by atoms with van der Waals surface area (Å²) < 4.78 is 0.983. The molecule has 0 aromatic heterocycles. The molecule has 0 heterocycles. The second kappa shape index (κ2) is 6.34. The number of halogens is 1. The first-order chi connectivity index (χ1) is 8.37. The van der Waals surface area contributed by atoms with Gasteiger partial charge < -0.3 is 11.1 Å². The molecule has 0 saturated carbocycles. The minimum Gasteiger partial charge on any atom is -0.355 e. The number of amides is 1. The molecule has 1 aromatic carbocycles. The van der Waals surface area contributed by atoms with Gasteiger partial charge in [0.2, 0.25) is 5.91 Å². The molecule has 3 nitrogen and oxygen atoms in total. The van der Waals surface area contributed by atoms with E-state index in [2.05, 4.69) is 21.2 Å². The van der Waals surface area contributed by atoms with E-state index in [1.165, 1.54) is 0 Å². The molecule has 0 aliphatic heterocycles. The number of rotatable bonds is 5. The molecule has 18 heavy (non-hydrogen) atoms. The van der Waals surface area contributed by atoms with Gasteiger partial charge in [0.15, 0.2) is 0 Å². The fraction of sp³-hybridized carbons (Fsp3) is 0.500. The highest BCUT2D eigenvalue weighted by atomic mass is 79.9. The average molecular weight is 313 g/mol. The zero-order valence-corrected chi connectivity index (χ0v) is 12.8. The topological polar surface area (TPSA) is 55.1 Å². The van der Waals surface area contributed by atoms with Crippen LogP contribution in [0.15, 0.2) is 28.7 Å². The normalized spacial score (nSPS) is 13.2. The second-order valence-electron chi connectivity index (χ2n) is 5.19. The van der Waals surface area contributed by atoms with Crippen LogP contribution in [0.1, 0.15) is 26.3 Å². The van der Waals surface area contributed by atoms with E-state index in [1.807, 2.05) is 45.0 Å². The van der Waals surface area contributed by atoms with Crippen molar-refractivity contribution in [3.8, 4) is 0 Å². The van der Waals surface area contributed by atoms with Gasteiger partial charge in [0.25, 0.3) is 0 Å². The SMILES string of the molecule is CC(CN)CNC(=O)C(C)(C)c1cccc(Br)c1. The summed E-state index contributed by atoms with van der Waals surface area (Å²) >= 11 is 3.43. The van der Waals surface area contributed by atoms with Crippen molar-refractivity contribution in [3.05, 3.63) is 34.3 Å². The Morgan fingerprint density at radius 1 is 1.50 bits per heavy atom. The van der Waals surface area contributed by atoms with Crippen molar-refractivity contribution in [1.82, 2.24) is 5.32 Å². The quantitative estimate of drug-likeness (QED) is 0.877. The molecule has 100 valence electrons. The Hall–Kier alpha value is -0.870. The highest BCUT2D eigenvalue weighted by Gasteiger charge is 2.29. The maximum atomic E-state index is 12.2. The van der Waals surface area contributed by atoms with Gasteiger partial charge in [0.05, 0.1) is 5.41 Å². The van der Waals surface area contributed by atoms with Crippen LogP contribution in [0.3, 0.4) is 0 Å². The van der Waals surface area contributed by atoms with Gasteiger partial charge in [-0.15, -0.1) is 0 Å². The molecule has 1 unspecified atom stereocenters. The Kier molecular flexibility index (Phi) is 5.35. The summed E-state index contributed by atoms with van der Waals surface area (Å²) in [5.74, 6) is 0.327. The molecule has 0 spiro atoms. The van der Waals surface area contributed by atoms with Crippen LogP contribution in [0.5, 0.6) is 0 Å². The third-order valence-electron chi connectivity index (χ3n) is 3.13. The first-order valence-corrected chi connectivity index (χ1v) is 6.91. The van der Waals surface area contributed by atoms with Crippen LogP contribution >= 0.6 is 15.9 Å². The molecule has 0 aliphatic rings. The smallest absolute Gasteiger partial charge is 0.230 e. The molecule has 0 fully saturated rings. The molecule has 3 N–H and O–H groups in total. The fourth-order valence-corrected chi connectivity index (χ4v) is 1.98. The van der Waals surface area contributed by atoms with Crippen LogP contribution < -0.4 is 11.1 Å². The monoisotopic (exact) mass is 312 g/mol. The molecule has 0 saturated heterocycles. The van der Waals surface area contributed by atoms with Crippen LogP contribution in [0, 0.1) is 5.92 Å². The van der Waals surface area contributed by atoms with E-state index in [-0.39, 0.29) is 5.91 Å². The maximum Gasteiger partial charge on any atom is 0.230 e. The third-order valence-corrected chi connectivity index (χ3v) is 3.62. The van der Waals surface area contributed by atoms with Gasteiger partial charge in [-0.1, -0.05) is 35.0 Å². The van der Waals surface area contributed by atoms with E-state index in [4.69, 9.17) is 5.73 Å². The van der Waals surface area contributed by atoms with Crippen molar-refractivity contribution < 1.29 is 4.79 Å². The Balaban J connectivity index is 2.76. The molecule has 1 rings (SSSR count). The van der Waals surface area contributed by atoms with Crippen LogP contribution in [-0.2, 0) is 10.2 Å². The molecule has 4 heteroatoms. The summed E-state index contributed by atoms with van der Waals surface area (Å²) in [4.78, 5) is 12.2. The van der Waals surface area contributed by atoms with Crippen LogP contribution in [0.4, 0.5) is 0 Å². The van der Waals surface area contributed by atoms with Gasteiger partial charge in [-0.25, -0.2) is 0 Å². The fourth-order valence-electron chi connectivity index (χ4n) is 1.58. The predicted molar refractivity (Wildman–Crippen MR) is 78.4 cm³/mol. The molecular formula is C14H21BrN2O. The van der Waals surface area contributed by atoms with Gasteiger partial charge in [-0.05, 0) is 44.0 Å². The van der Waals surface area contributed by atoms with E-state index in [1.54, 1.807) is 0 Å². The van der Waals surface area contributed by atoms with E-state index >= 15 is 0 Å². The van der Waals surface area contributed by atoms with Crippen LogP contribution in [0.2, 0.25) is 0 Å². The van der Waals surface area contributed by atoms with Crippen molar-refractivity contribution in [2.45, 2.75) is 26.2 Å². The van der Waals surface area contributed by atoms with Gasteiger partial charge in [0.1, 0.15) is 0 Å². The lowest BCUT2D eigenvalue weighted by atomic mass is 9.83. The van der Waals surface area contributed by atoms with Crippen LogP contribution in [-0.4, -0.2) is 19.0 Å². The Labute approximate surface area is 117 Å². The van der Waals surface area contributed by atoms with Crippen LogP contribution in [0.25, 0.3) is 0 Å². The lowest BCUT2D eigenvalue weighted by Crippen LogP contribution is -2.42. The minimum atomic E-state index is -0.544. The largest absolute Gasteiger partial charge is 0.355 e. The molecule has 0 radical (unpaired) electrons. The minimum absolute atomic E-state index is 0.0286. The number of hydrogen-bond donors (Lipinski definition) is 2. The summed E-state index contributed by atoms with van der Waals surface area (Å²) in [6, 6.07) is 7.84. The van der Waals surface area contributed by atoms with Crippen molar-refractivity contribution in [2.75, 3.05) is 13.1 Å².